The summed E-state index contributed by atoms with van der Waals surface area (Å²) in [7, 11) is 0. The normalized spacial score (nSPS) is 36.9. The van der Waals surface area contributed by atoms with Crippen LogP contribution in [0.1, 0.15) is 39.0 Å². The number of nitrogens with zero attached hydrogens (tertiary/aromatic N) is 2. The number of hydrogen-bond acceptors (Lipinski definition) is 4. The highest BCUT2D eigenvalue weighted by Gasteiger charge is 2.55. The third-order valence-electron chi connectivity index (χ3n) is 8.34. The largest absolute Gasteiger partial charge is 0.462 e. The molecule has 162 valence electrons. The Morgan fingerprint density at radius 3 is 2.67 bits per heavy atom. The smallest absolute Gasteiger partial charge is 0.310 e. The van der Waals surface area contributed by atoms with E-state index in [0.29, 0.717) is 11.8 Å². The zero-order valence-corrected chi connectivity index (χ0v) is 18.0. The van der Waals surface area contributed by atoms with E-state index in [4.69, 9.17) is 4.74 Å². The molecule has 0 aromatic heterocycles. The van der Waals surface area contributed by atoms with Crippen LogP contribution in [0.15, 0.2) is 36.4 Å². The average molecular weight is 413 g/mol. The van der Waals surface area contributed by atoms with Crippen LogP contribution in [0.4, 0.5) is 10.1 Å². The number of halogens is 1. The number of carbonyl (C=O) groups is 1. The van der Waals surface area contributed by atoms with E-state index in [9.17, 15) is 9.18 Å². The van der Waals surface area contributed by atoms with Gasteiger partial charge in [0.05, 0.1) is 5.92 Å². The van der Waals surface area contributed by atoms with E-state index in [-0.39, 0.29) is 29.2 Å². The number of carbonyl (C=O) groups excluding carboxylic acids is 1. The molecule has 0 amide bonds. The van der Waals surface area contributed by atoms with Gasteiger partial charge in [-0.25, -0.2) is 4.39 Å². The van der Waals surface area contributed by atoms with E-state index >= 15 is 0 Å². The molecule has 2 aliphatic heterocycles. The molecule has 2 saturated carbocycles. The Kier molecular flexibility index (Phi) is 5.12. The lowest BCUT2D eigenvalue weighted by Crippen LogP contribution is -2.50. The van der Waals surface area contributed by atoms with Crippen molar-refractivity contribution in [2.24, 2.45) is 23.2 Å². The van der Waals surface area contributed by atoms with Crippen molar-refractivity contribution in [3.8, 4) is 0 Å². The van der Waals surface area contributed by atoms with E-state index in [2.05, 4.69) is 23.3 Å². The van der Waals surface area contributed by atoms with Gasteiger partial charge in [0.1, 0.15) is 11.9 Å². The first-order chi connectivity index (χ1) is 14.4. The van der Waals surface area contributed by atoms with E-state index in [0.717, 1.165) is 57.7 Å². The topological polar surface area (TPSA) is 32.8 Å². The lowest BCUT2D eigenvalue weighted by molar-refractivity contribution is -0.146. The Morgan fingerprint density at radius 1 is 1.20 bits per heavy atom. The molecule has 5 heteroatoms. The fourth-order valence-electron chi connectivity index (χ4n) is 6.58. The number of anilines is 1. The van der Waals surface area contributed by atoms with Crippen LogP contribution in [-0.4, -0.2) is 49.7 Å². The number of ether oxygens (including phenoxy) is 1. The quantitative estimate of drug-likeness (QED) is 0.549. The molecule has 4 nitrogen and oxygen atoms in total. The zero-order chi connectivity index (χ0) is 20.9. The predicted octanol–water partition coefficient (Wildman–Crippen LogP) is 4.26. The minimum Gasteiger partial charge on any atom is -0.462 e. The van der Waals surface area contributed by atoms with Gasteiger partial charge in [0.2, 0.25) is 0 Å². The van der Waals surface area contributed by atoms with Crippen LogP contribution < -0.4 is 4.90 Å². The van der Waals surface area contributed by atoms with Crippen LogP contribution in [0.5, 0.6) is 0 Å². The fourth-order valence-corrected chi connectivity index (χ4v) is 6.58. The standard InChI is InChI=1S/C25H33FN2O2/c1-17-4-3-9-25(2)15-23-20(14-22(17)25)21(24(29)30-23)16-27-10-12-28(13-11-27)19-7-5-18(26)6-8-19/h5-8,20-23H,1,3-4,9-16H2,2H3/t20-,21-,22+,23+,25+/m0/s1. The molecule has 0 spiro atoms. The highest BCUT2D eigenvalue weighted by molar-refractivity contribution is 5.75. The number of rotatable bonds is 3. The lowest BCUT2D eigenvalue weighted by atomic mass is 9.55. The third kappa shape index (κ3) is 3.55. The van der Waals surface area contributed by atoms with E-state index in [1.165, 1.54) is 30.5 Å². The molecule has 0 N–H and O–H groups in total. The summed E-state index contributed by atoms with van der Waals surface area (Å²) < 4.78 is 19.1. The minimum absolute atomic E-state index is 0.00773. The maximum Gasteiger partial charge on any atom is 0.310 e. The summed E-state index contributed by atoms with van der Waals surface area (Å²) in [5, 5.41) is 0. The molecule has 2 saturated heterocycles. The first kappa shape index (κ1) is 20.0. The van der Waals surface area contributed by atoms with Gasteiger partial charge in [-0.1, -0.05) is 19.1 Å². The van der Waals surface area contributed by atoms with Crippen LogP contribution in [0.3, 0.4) is 0 Å². The highest BCUT2D eigenvalue weighted by Crippen LogP contribution is 2.56. The molecule has 2 heterocycles. The number of allylic oxidation sites excluding steroid dienone is 1. The van der Waals surface area contributed by atoms with E-state index < -0.39 is 0 Å². The van der Waals surface area contributed by atoms with Crippen molar-refractivity contribution in [2.75, 3.05) is 37.6 Å². The van der Waals surface area contributed by atoms with Gasteiger partial charge in [0, 0.05) is 44.3 Å². The molecule has 4 fully saturated rings. The maximum atomic E-state index is 13.2. The first-order valence-corrected chi connectivity index (χ1v) is 11.5. The molecule has 1 aromatic rings. The summed E-state index contributed by atoms with van der Waals surface area (Å²) >= 11 is 0. The predicted molar refractivity (Wildman–Crippen MR) is 116 cm³/mol. The number of esters is 1. The van der Waals surface area contributed by atoms with Gasteiger partial charge >= 0.3 is 5.97 Å². The molecule has 2 aliphatic carbocycles. The summed E-state index contributed by atoms with van der Waals surface area (Å²) in [6, 6.07) is 6.73. The number of piperazine rings is 1. The van der Waals surface area contributed by atoms with Gasteiger partial charge in [-0.15, -0.1) is 0 Å². The van der Waals surface area contributed by atoms with E-state index in [1.54, 1.807) is 0 Å². The molecule has 0 unspecified atom stereocenters. The molecule has 4 aliphatic rings. The second kappa shape index (κ2) is 7.67. The van der Waals surface area contributed by atoms with Crippen LogP contribution >= 0.6 is 0 Å². The molecule has 0 radical (unpaired) electrons. The Morgan fingerprint density at radius 2 is 1.93 bits per heavy atom. The van der Waals surface area contributed by atoms with E-state index in [1.807, 2.05) is 12.1 Å². The lowest BCUT2D eigenvalue weighted by Gasteiger charge is -2.50. The van der Waals surface area contributed by atoms with Crippen LogP contribution in [0.25, 0.3) is 0 Å². The number of fused-ring (bicyclic) bond motifs is 2. The molecule has 5 rings (SSSR count). The summed E-state index contributed by atoms with van der Waals surface area (Å²) in [6.07, 6.45) is 5.75. The molecule has 30 heavy (non-hydrogen) atoms. The number of hydrogen-bond donors (Lipinski definition) is 0. The van der Waals surface area contributed by atoms with Crippen molar-refractivity contribution in [1.82, 2.24) is 4.90 Å². The van der Waals surface area contributed by atoms with Crippen LogP contribution in [0.2, 0.25) is 0 Å². The summed E-state index contributed by atoms with van der Waals surface area (Å²) in [5.41, 5.74) is 2.72. The summed E-state index contributed by atoms with van der Waals surface area (Å²) in [5.74, 6) is 0.682. The molecule has 0 bridgehead atoms. The first-order valence-electron chi connectivity index (χ1n) is 11.5. The molecular formula is C25H33FN2O2. The summed E-state index contributed by atoms with van der Waals surface area (Å²) in [6.45, 7) is 11.2. The maximum absolute atomic E-state index is 13.2. The Hall–Kier alpha value is -1.88. The second-order valence-electron chi connectivity index (χ2n) is 10.2. The van der Waals surface area contributed by atoms with Crippen molar-refractivity contribution in [3.05, 3.63) is 42.2 Å². The highest BCUT2D eigenvalue weighted by atomic mass is 19.1. The van der Waals surface area contributed by atoms with Crippen molar-refractivity contribution in [1.29, 1.82) is 0 Å². The molecule has 1 aromatic carbocycles. The van der Waals surface area contributed by atoms with Crippen molar-refractivity contribution in [3.63, 3.8) is 0 Å². The Balaban J connectivity index is 1.22. The minimum atomic E-state index is -0.198. The van der Waals surface area contributed by atoms with Gasteiger partial charge in [0.25, 0.3) is 0 Å². The SMILES string of the molecule is C=C1CCC[C@]2(C)C[C@H]3OC(=O)[C@@H](CN4CCN(c5ccc(F)cc5)CC4)[C@@H]3C[C@H]12. The zero-order valence-electron chi connectivity index (χ0n) is 18.0. The third-order valence-corrected chi connectivity index (χ3v) is 8.34. The van der Waals surface area contributed by atoms with Gasteiger partial charge < -0.3 is 9.64 Å². The number of benzene rings is 1. The van der Waals surface area contributed by atoms with Gasteiger partial charge in [-0.3, -0.25) is 9.69 Å². The molecular weight excluding hydrogens is 379 g/mol. The van der Waals surface area contributed by atoms with Crippen molar-refractivity contribution in [2.45, 2.75) is 45.1 Å². The fraction of sp³-hybridized carbons (Fsp3) is 0.640. The Labute approximate surface area is 179 Å². The van der Waals surface area contributed by atoms with Crippen molar-refractivity contribution < 1.29 is 13.9 Å². The van der Waals surface area contributed by atoms with Crippen LogP contribution in [0, 0.1) is 29.0 Å². The van der Waals surface area contributed by atoms with Gasteiger partial charge in [0.15, 0.2) is 0 Å². The Bertz CT molecular complexity index is 817. The molecule has 5 atom stereocenters. The van der Waals surface area contributed by atoms with Crippen molar-refractivity contribution >= 4 is 11.7 Å². The van der Waals surface area contributed by atoms with Crippen LogP contribution in [-0.2, 0) is 9.53 Å². The summed E-state index contributed by atoms with van der Waals surface area (Å²) in [4.78, 5) is 17.5. The average Bonchev–Trinajstić information content (AvgIpc) is 3.01. The second-order valence-corrected chi connectivity index (χ2v) is 10.2. The van der Waals surface area contributed by atoms with Gasteiger partial charge in [-0.05, 0) is 67.7 Å². The monoisotopic (exact) mass is 412 g/mol. The van der Waals surface area contributed by atoms with Gasteiger partial charge in [-0.2, -0.15) is 0 Å².